The van der Waals surface area contributed by atoms with Gasteiger partial charge >= 0.3 is 0 Å². The third-order valence-corrected chi connectivity index (χ3v) is 6.49. The van der Waals surface area contributed by atoms with Crippen LogP contribution in [0.25, 0.3) is 0 Å². The highest BCUT2D eigenvalue weighted by Gasteiger charge is 2.76. The number of hydrogen-bond donors (Lipinski definition) is 0. The van der Waals surface area contributed by atoms with Crippen LogP contribution in [0.3, 0.4) is 0 Å². The second kappa shape index (κ2) is 4.59. The third kappa shape index (κ3) is 1.70. The fraction of sp³-hybridized carbons (Fsp3) is 1.00. The lowest BCUT2D eigenvalue weighted by Gasteiger charge is -2.38. The predicted octanol–water partition coefficient (Wildman–Crippen LogP) is 5.38. The summed E-state index contributed by atoms with van der Waals surface area (Å²) in [7, 11) is 0. The van der Waals surface area contributed by atoms with Crippen molar-refractivity contribution >= 4 is 0 Å². The summed E-state index contributed by atoms with van der Waals surface area (Å²) in [6.45, 7) is 14.6. The molecule has 0 bridgehead atoms. The molecule has 6 atom stereocenters. The highest BCUT2D eigenvalue weighted by molar-refractivity contribution is 5.24. The van der Waals surface area contributed by atoms with Crippen LogP contribution in [-0.4, -0.2) is 0 Å². The fourth-order valence-electron chi connectivity index (χ4n) is 5.39. The van der Waals surface area contributed by atoms with E-state index in [1.807, 2.05) is 0 Å². The summed E-state index contributed by atoms with van der Waals surface area (Å²) in [5.41, 5.74) is 0.792. The monoisotopic (exact) mass is 236 g/mol. The molecule has 0 amide bonds. The van der Waals surface area contributed by atoms with Crippen LogP contribution in [-0.2, 0) is 0 Å². The molecule has 0 saturated heterocycles. The smallest absolute Gasteiger partial charge is 0.0201 e. The lowest BCUT2D eigenvalue weighted by Crippen LogP contribution is -2.31. The van der Waals surface area contributed by atoms with Gasteiger partial charge in [0.15, 0.2) is 0 Å². The molecule has 0 aliphatic heterocycles. The minimum atomic E-state index is 0.792. The van der Waals surface area contributed by atoms with E-state index in [9.17, 15) is 0 Å². The lowest BCUT2D eigenvalue weighted by atomic mass is 9.66. The van der Waals surface area contributed by atoms with Gasteiger partial charge in [-0.05, 0) is 47.3 Å². The van der Waals surface area contributed by atoms with Crippen LogP contribution in [0, 0.1) is 40.9 Å². The first-order valence-corrected chi connectivity index (χ1v) is 8.04. The van der Waals surface area contributed by atoms with Gasteiger partial charge in [0.05, 0.1) is 0 Å². The van der Waals surface area contributed by atoms with Crippen LogP contribution < -0.4 is 0 Å². The minimum Gasteiger partial charge on any atom is -0.0651 e. The van der Waals surface area contributed by atoms with Crippen molar-refractivity contribution in [2.24, 2.45) is 40.9 Å². The molecule has 0 nitrogen and oxygen atoms in total. The van der Waals surface area contributed by atoms with Crippen LogP contribution in [0.15, 0.2) is 0 Å². The van der Waals surface area contributed by atoms with Crippen LogP contribution in [0.4, 0.5) is 0 Å². The second-order valence-corrected chi connectivity index (χ2v) is 7.16. The molecule has 17 heavy (non-hydrogen) atoms. The molecule has 2 aliphatic rings. The van der Waals surface area contributed by atoms with Gasteiger partial charge in [0.1, 0.15) is 0 Å². The average Bonchev–Trinajstić information content (AvgIpc) is 2.79. The van der Waals surface area contributed by atoms with E-state index in [1.165, 1.54) is 19.3 Å². The fourth-order valence-corrected chi connectivity index (χ4v) is 5.39. The molecular weight excluding hydrogens is 204 g/mol. The van der Waals surface area contributed by atoms with Crippen molar-refractivity contribution in [3.05, 3.63) is 0 Å². The standard InChI is InChI=1S/C17H32/c1-7-12(6)17-10-13(8-2)15(17)16(17)14(9-3)11(4)5/h11-16H,7-10H2,1-6H3. The summed E-state index contributed by atoms with van der Waals surface area (Å²) < 4.78 is 0. The number of hydrogen-bond acceptors (Lipinski definition) is 0. The molecule has 0 N–H and O–H groups in total. The van der Waals surface area contributed by atoms with E-state index >= 15 is 0 Å². The van der Waals surface area contributed by atoms with Crippen molar-refractivity contribution in [3.8, 4) is 0 Å². The van der Waals surface area contributed by atoms with E-state index in [0.717, 1.165) is 40.9 Å². The summed E-state index contributed by atoms with van der Waals surface area (Å²) in [5, 5.41) is 0. The van der Waals surface area contributed by atoms with Crippen LogP contribution in [0.2, 0.25) is 0 Å². The number of fused-ring (bicyclic) bond motifs is 1. The largest absolute Gasteiger partial charge is 0.0651 e. The summed E-state index contributed by atoms with van der Waals surface area (Å²) in [5.74, 6) is 6.09. The Hall–Kier alpha value is 0. The van der Waals surface area contributed by atoms with Gasteiger partial charge < -0.3 is 0 Å². The molecule has 0 aromatic rings. The third-order valence-electron chi connectivity index (χ3n) is 6.49. The maximum absolute atomic E-state index is 2.52. The molecule has 0 heterocycles. The van der Waals surface area contributed by atoms with E-state index < -0.39 is 0 Å². The molecule has 0 heteroatoms. The molecule has 2 rings (SSSR count). The summed E-state index contributed by atoms with van der Waals surface area (Å²) in [6.07, 6.45) is 5.76. The Kier molecular flexibility index (Phi) is 3.63. The highest BCUT2D eigenvalue weighted by Crippen LogP contribution is 2.81. The Morgan fingerprint density at radius 1 is 1.06 bits per heavy atom. The van der Waals surface area contributed by atoms with E-state index in [1.54, 1.807) is 6.42 Å². The van der Waals surface area contributed by atoms with Gasteiger partial charge in [-0.15, -0.1) is 0 Å². The molecule has 0 aromatic carbocycles. The number of rotatable bonds is 6. The first kappa shape index (κ1) is 13.4. The van der Waals surface area contributed by atoms with Crippen LogP contribution in [0.5, 0.6) is 0 Å². The van der Waals surface area contributed by atoms with Gasteiger partial charge in [0.2, 0.25) is 0 Å². The van der Waals surface area contributed by atoms with Crippen molar-refractivity contribution < 1.29 is 0 Å². The Morgan fingerprint density at radius 3 is 2.12 bits per heavy atom. The average molecular weight is 236 g/mol. The second-order valence-electron chi connectivity index (χ2n) is 7.16. The molecular formula is C17H32. The van der Waals surface area contributed by atoms with Crippen molar-refractivity contribution in [2.45, 2.75) is 67.2 Å². The van der Waals surface area contributed by atoms with E-state index in [0.29, 0.717) is 0 Å². The maximum atomic E-state index is 2.52. The van der Waals surface area contributed by atoms with E-state index in [4.69, 9.17) is 0 Å². The molecule has 0 spiro atoms. The zero-order chi connectivity index (χ0) is 12.8. The lowest BCUT2D eigenvalue weighted by molar-refractivity contribution is 0.104. The van der Waals surface area contributed by atoms with Gasteiger partial charge in [-0.2, -0.15) is 0 Å². The van der Waals surface area contributed by atoms with Crippen LogP contribution in [0.1, 0.15) is 67.2 Å². The zero-order valence-corrected chi connectivity index (χ0v) is 12.8. The van der Waals surface area contributed by atoms with Crippen molar-refractivity contribution in [2.75, 3.05) is 0 Å². The predicted molar refractivity (Wildman–Crippen MR) is 75.9 cm³/mol. The van der Waals surface area contributed by atoms with Gasteiger partial charge in [0, 0.05) is 0 Å². The Labute approximate surface area is 109 Å². The Balaban J connectivity index is 2.13. The topological polar surface area (TPSA) is 0 Å². The molecule has 2 saturated carbocycles. The molecule has 100 valence electrons. The molecule has 2 aliphatic carbocycles. The van der Waals surface area contributed by atoms with Gasteiger partial charge in [-0.1, -0.05) is 60.8 Å². The molecule has 0 aromatic heterocycles. The van der Waals surface area contributed by atoms with E-state index in [2.05, 4.69) is 41.5 Å². The Bertz CT molecular complexity index is 267. The molecule has 2 fully saturated rings. The van der Waals surface area contributed by atoms with Crippen molar-refractivity contribution in [1.82, 2.24) is 0 Å². The Morgan fingerprint density at radius 2 is 1.71 bits per heavy atom. The first-order chi connectivity index (χ1) is 8.04. The highest BCUT2D eigenvalue weighted by atomic mass is 14.8. The minimum absolute atomic E-state index is 0.792. The van der Waals surface area contributed by atoms with Gasteiger partial charge in [-0.3, -0.25) is 0 Å². The van der Waals surface area contributed by atoms with Gasteiger partial charge in [-0.25, -0.2) is 0 Å². The van der Waals surface area contributed by atoms with Crippen molar-refractivity contribution in [1.29, 1.82) is 0 Å². The van der Waals surface area contributed by atoms with Gasteiger partial charge in [0.25, 0.3) is 0 Å². The van der Waals surface area contributed by atoms with E-state index in [-0.39, 0.29) is 0 Å². The summed E-state index contributed by atoms with van der Waals surface area (Å²) >= 11 is 0. The zero-order valence-electron chi connectivity index (χ0n) is 12.8. The normalized spacial score (nSPS) is 42.9. The van der Waals surface area contributed by atoms with Crippen molar-refractivity contribution in [3.63, 3.8) is 0 Å². The molecule has 0 radical (unpaired) electrons. The summed E-state index contributed by atoms with van der Waals surface area (Å²) in [6, 6.07) is 0. The maximum Gasteiger partial charge on any atom is -0.0201 e. The quantitative estimate of drug-likeness (QED) is 0.581. The summed E-state index contributed by atoms with van der Waals surface area (Å²) in [4.78, 5) is 0. The molecule has 6 unspecified atom stereocenters. The van der Waals surface area contributed by atoms with Crippen LogP contribution >= 0.6 is 0 Å². The SMILES string of the molecule is CCC1CC2(C(C)CC)C1C2C(CC)C(C)C. The first-order valence-electron chi connectivity index (χ1n) is 8.04.